The van der Waals surface area contributed by atoms with Crippen LogP contribution in [0.15, 0.2) is 76.3 Å². The van der Waals surface area contributed by atoms with Crippen LogP contribution in [0.3, 0.4) is 0 Å². The van der Waals surface area contributed by atoms with Gasteiger partial charge in [-0.25, -0.2) is 9.79 Å². The third kappa shape index (κ3) is 5.05. The molecule has 4 rings (SSSR count). The fourth-order valence-electron chi connectivity index (χ4n) is 4.02. The van der Waals surface area contributed by atoms with E-state index in [0.717, 1.165) is 16.8 Å². The molecule has 0 fully saturated rings. The van der Waals surface area contributed by atoms with Crippen LogP contribution in [0.25, 0.3) is 5.70 Å². The molecule has 6 nitrogen and oxygen atoms in total. The minimum Gasteiger partial charge on any atom is -0.463 e. The maximum Gasteiger partial charge on any atom is 0.338 e. The van der Waals surface area contributed by atoms with Gasteiger partial charge in [0.1, 0.15) is 0 Å². The van der Waals surface area contributed by atoms with Crippen molar-refractivity contribution in [2.24, 2.45) is 4.99 Å². The standard InChI is InChI=1S/C26H26ClN3O3S/c1-4-33-25(32)22-23(17-9-6-5-7-10-17)29-26-30(24(22)18-11-8-12-19(27)13-18)20(15-34-26)14-21(31)28-16(2)3/h5-13,15-16,24H,4,14H2,1-3H3,(H,28,31). The number of hydrogen-bond acceptors (Lipinski definition) is 6. The average Bonchev–Trinajstić information content (AvgIpc) is 3.20. The molecule has 34 heavy (non-hydrogen) atoms. The summed E-state index contributed by atoms with van der Waals surface area (Å²) < 4.78 is 5.50. The Morgan fingerprint density at radius 2 is 1.94 bits per heavy atom. The van der Waals surface area contributed by atoms with Gasteiger partial charge in [0.05, 0.1) is 30.3 Å². The number of halogens is 1. The summed E-state index contributed by atoms with van der Waals surface area (Å²) in [6, 6.07) is 16.5. The maximum absolute atomic E-state index is 13.4. The summed E-state index contributed by atoms with van der Waals surface area (Å²) in [6.07, 6.45) is 0.165. The van der Waals surface area contributed by atoms with Gasteiger partial charge in [-0.15, -0.1) is 0 Å². The minimum absolute atomic E-state index is 0.0278. The summed E-state index contributed by atoms with van der Waals surface area (Å²) in [5.41, 5.74) is 3.37. The lowest BCUT2D eigenvalue weighted by molar-refractivity contribution is -0.139. The van der Waals surface area contributed by atoms with Crippen molar-refractivity contribution in [3.63, 3.8) is 0 Å². The van der Waals surface area contributed by atoms with Gasteiger partial charge in [-0.05, 0) is 43.9 Å². The molecule has 0 spiro atoms. The molecule has 2 heterocycles. The van der Waals surface area contributed by atoms with E-state index in [4.69, 9.17) is 21.3 Å². The van der Waals surface area contributed by atoms with Crippen molar-refractivity contribution < 1.29 is 14.3 Å². The molecule has 0 aromatic heterocycles. The molecule has 0 bridgehead atoms. The van der Waals surface area contributed by atoms with E-state index in [2.05, 4.69) is 5.32 Å². The zero-order chi connectivity index (χ0) is 24.2. The van der Waals surface area contributed by atoms with E-state index < -0.39 is 12.0 Å². The first-order chi connectivity index (χ1) is 16.4. The van der Waals surface area contributed by atoms with Crippen LogP contribution in [-0.2, 0) is 14.3 Å². The second kappa shape index (κ2) is 10.5. The first-order valence-electron chi connectivity index (χ1n) is 11.1. The highest BCUT2D eigenvalue weighted by Crippen LogP contribution is 2.47. The third-order valence-electron chi connectivity index (χ3n) is 5.31. The number of amides is 1. The van der Waals surface area contributed by atoms with Crippen molar-refractivity contribution >= 4 is 46.1 Å². The molecule has 8 heteroatoms. The van der Waals surface area contributed by atoms with E-state index in [-0.39, 0.29) is 25.0 Å². The quantitative estimate of drug-likeness (QED) is 0.511. The summed E-state index contributed by atoms with van der Waals surface area (Å²) in [5, 5.41) is 6.12. The lowest BCUT2D eigenvalue weighted by Gasteiger charge is -2.37. The Morgan fingerprint density at radius 1 is 1.18 bits per heavy atom. The van der Waals surface area contributed by atoms with Gasteiger partial charge in [0.2, 0.25) is 5.91 Å². The third-order valence-corrected chi connectivity index (χ3v) is 6.43. The number of ether oxygens (including phenoxy) is 1. The monoisotopic (exact) mass is 495 g/mol. The second-order valence-electron chi connectivity index (χ2n) is 8.20. The number of carbonyl (C=O) groups is 2. The van der Waals surface area contributed by atoms with Crippen LogP contribution >= 0.6 is 23.4 Å². The summed E-state index contributed by atoms with van der Waals surface area (Å²) >= 11 is 7.80. The molecule has 1 N–H and O–H groups in total. The number of rotatable bonds is 7. The lowest BCUT2D eigenvalue weighted by atomic mass is 9.91. The van der Waals surface area contributed by atoms with Crippen molar-refractivity contribution in [3.05, 3.63) is 87.4 Å². The number of hydrogen-bond donors (Lipinski definition) is 1. The topological polar surface area (TPSA) is 71.0 Å². The summed E-state index contributed by atoms with van der Waals surface area (Å²) in [7, 11) is 0. The molecular weight excluding hydrogens is 470 g/mol. The second-order valence-corrected chi connectivity index (χ2v) is 9.47. The van der Waals surface area contributed by atoms with Crippen molar-refractivity contribution in [1.29, 1.82) is 0 Å². The summed E-state index contributed by atoms with van der Waals surface area (Å²) in [6.45, 7) is 5.86. The van der Waals surface area contributed by atoms with Gasteiger partial charge in [-0.1, -0.05) is 65.8 Å². The van der Waals surface area contributed by atoms with Crippen LogP contribution in [-0.4, -0.2) is 34.6 Å². The molecule has 0 saturated heterocycles. The largest absolute Gasteiger partial charge is 0.463 e. The van der Waals surface area contributed by atoms with Gasteiger partial charge < -0.3 is 15.0 Å². The number of fused-ring (bicyclic) bond motifs is 1. The van der Waals surface area contributed by atoms with E-state index in [1.54, 1.807) is 13.0 Å². The SMILES string of the molecule is CCOC(=O)C1=C(c2ccccc2)N=C2SC=C(CC(=O)NC(C)C)N2C1c1cccc(Cl)c1. The van der Waals surface area contributed by atoms with Gasteiger partial charge >= 0.3 is 5.97 Å². The van der Waals surface area contributed by atoms with Crippen LogP contribution in [0.1, 0.15) is 44.4 Å². The number of amidine groups is 1. The Labute approximate surface area is 208 Å². The predicted molar refractivity (Wildman–Crippen MR) is 137 cm³/mol. The molecular formula is C26H26ClN3O3S. The minimum atomic E-state index is -0.548. The number of esters is 1. The Kier molecular flexibility index (Phi) is 7.44. The fraction of sp³-hybridized carbons (Fsp3) is 0.269. The average molecular weight is 496 g/mol. The molecule has 2 aromatic carbocycles. The fourth-order valence-corrected chi connectivity index (χ4v) is 5.14. The van der Waals surface area contributed by atoms with Gasteiger partial charge in [0, 0.05) is 22.3 Å². The smallest absolute Gasteiger partial charge is 0.338 e. The molecule has 0 saturated carbocycles. The molecule has 0 radical (unpaired) electrons. The number of nitrogens with zero attached hydrogens (tertiary/aromatic N) is 2. The van der Waals surface area contributed by atoms with Crippen molar-refractivity contribution in [2.75, 3.05) is 6.61 Å². The van der Waals surface area contributed by atoms with E-state index in [1.807, 2.05) is 72.7 Å². The van der Waals surface area contributed by atoms with Crippen LogP contribution in [0.4, 0.5) is 0 Å². The number of carbonyl (C=O) groups excluding carboxylic acids is 2. The molecule has 0 aliphatic carbocycles. The van der Waals surface area contributed by atoms with E-state index >= 15 is 0 Å². The maximum atomic E-state index is 13.4. The number of benzene rings is 2. The van der Waals surface area contributed by atoms with Crippen LogP contribution < -0.4 is 5.32 Å². The molecule has 2 aromatic rings. The molecule has 1 atom stereocenters. The predicted octanol–water partition coefficient (Wildman–Crippen LogP) is 5.53. The lowest BCUT2D eigenvalue weighted by Crippen LogP contribution is -2.38. The zero-order valence-corrected chi connectivity index (χ0v) is 20.8. The Balaban J connectivity index is 1.88. The molecule has 2 aliphatic heterocycles. The summed E-state index contributed by atoms with van der Waals surface area (Å²) in [4.78, 5) is 32.9. The highest BCUT2D eigenvalue weighted by molar-refractivity contribution is 8.16. The van der Waals surface area contributed by atoms with E-state index in [9.17, 15) is 9.59 Å². The highest BCUT2D eigenvalue weighted by atomic mass is 35.5. The van der Waals surface area contributed by atoms with Gasteiger partial charge in [0.25, 0.3) is 0 Å². The van der Waals surface area contributed by atoms with Crippen LogP contribution in [0.5, 0.6) is 0 Å². The molecule has 2 aliphatic rings. The van der Waals surface area contributed by atoms with E-state index in [1.165, 1.54) is 11.8 Å². The Hall–Kier alpha value is -3.03. The highest BCUT2D eigenvalue weighted by Gasteiger charge is 2.42. The zero-order valence-electron chi connectivity index (χ0n) is 19.2. The van der Waals surface area contributed by atoms with Crippen molar-refractivity contribution in [1.82, 2.24) is 10.2 Å². The molecule has 1 amide bonds. The van der Waals surface area contributed by atoms with Crippen LogP contribution in [0.2, 0.25) is 5.02 Å². The van der Waals surface area contributed by atoms with Crippen molar-refractivity contribution in [2.45, 2.75) is 39.3 Å². The number of aliphatic imine (C=N–C) groups is 1. The van der Waals surface area contributed by atoms with Gasteiger partial charge in [0.15, 0.2) is 5.17 Å². The Bertz CT molecular complexity index is 1190. The van der Waals surface area contributed by atoms with Gasteiger partial charge in [-0.2, -0.15) is 0 Å². The number of thioether (sulfide) groups is 1. The van der Waals surface area contributed by atoms with Crippen LogP contribution in [0, 0.1) is 0 Å². The summed E-state index contributed by atoms with van der Waals surface area (Å²) in [5.74, 6) is -0.541. The molecule has 176 valence electrons. The normalized spacial score (nSPS) is 17.3. The Morgan fingerprint density at radius 3 is 2.62 bits per heavy atom. The number of nitrogens with one attached hydrogen (secondary N) is 1. The van der Waals surface area contributed by atoms with Crippen molar-refractivity contribution in [3.8, 4) is 0 Å². The molecule has 1 unspecified atom stereocenters. The van der Waals surface area contributed by atoms with Gasteiger partial charge in [-0.3, -0.25) is 4.79 Å². The first-order valence-corrected chi connectivity index (χ1v) is 12.4. The first kappa shape index (κ1) is 24.1. The van der Waals surface area contributed by atoms with E-state index in [0.29, 0.717) is 21.5 Å².